The number of sulfone groups is 1. The molecule has 0 unspecified atom stereocenters. The Morgan fingerprint density at radius 2 is 2.14 bits per heavy atom. The number of benzene rings is 1. The highest BCUT2D eigenvalue weighted by atomic mass is 32.2. The molecule has 0 amide bonds. The van der Waals surface area contributed by atoms with Gasteiger partial charge in [0.25, 0.3) is 0 Å². The first kappa shape index (κ1) is 16.0. The van der Waals surface area contributed by atoms with E-state index in [1.165, 1.54) is 23.9 Å². The number of halogens is 1. The molecule has 0 saturated heterocycles. The van der Waals surface area contributed by atoms with E-state index in [9.17, 15) is 12.8 Å². The Morgan fingerprint density at radius 3 is 2.81 bits per heavy atom. The molecule has 4 nitrogen and oxygen atoms in total. The third-order valence-corrected chi connectivity index (χ3v) is 6.45. The third kappa shape index (κ3) is 4.07. The third-order valence-electron chi connectivity index (χ3n) is 3.01. The normalized spacial score (nSPS) is 12.0. The lowest BCUT2D eigenvalue weighted by Crippen LogP contribution is -2.19. The van der Waals surface area contributed by atoms with Crippen molar-refractivity contribution in [2.24, 2.45) is 0 Å². The van der Waals surface area contributed by atoms with Gasteiger partial charge < -0.3 is 0 Å². The number of imidazole rings is 1. The van der Waals surface area contributed by atoms with Crippen molar-refractivity contribution in [1.82, 2.24) is 9.55 Å². The topological polar surface area (TPSA) is 52.0 Å². The zero-order chi connectivity index (χ0) is 15.5. The monoisotopic (exact) mass is 328 g/mol. The molecule has 1 heterocycles. The number of hydrogen-bond donors (Lipinski definition) is 0. The van der Waals surface area contributed by atoms with Gasteiger partial charge in [0.15, 0.2) is 15.0 Å². The van der Waals surface area contributed by atoms with Crippen LogP contribution in [0.1, 0.15) is 13.8 Å². The van der Waals surface area contributed by atoms with E-state index in [2.05, 4.69) is 4.98 Å². The van der Waals surface area contributed by atoms with Crippen molar-refractivity contribution in [2.45, 2.75) is 24.3 Å². The highest BCUT2D eigenvalue weighted by molar-refractivity contribution is 8.00. The van der Waals surface area contributed by atoms with Crippen LogP contribution in [0.4, 0.5) is 4.39 Å². The fourth-order valence-corrected chi connectivity index (χ4v) is 4.06. The van der Waals surface area contributed by atoms with Crippen molar-refractivity contribution < 1.29 is 12.8 Å². The Bertz CT molecular complexity index is 711. The van der Waals surface area contributed by atoms with E-state index in [-0.39, 0.29) is 16.8 Å². The van der Waals surface area contributed by atoms with E-state index in [0.717, 1.165) is 0 Å². The lowest BCUT2D eigenvalue weighted by atomic mass is 10.3. The van der Waals surface area contributed by atoms with Crippen LogP contribution in [-0.2, 0) is 9.84 Å². The molecule has 0 bridgehead atoms. The van der Waals surface area contributed by atoms with E-state index >= 15 is 0 Å². The summed E-state index contributed by atoms with van der Waals surface area (Å²) in [4.78, 5) is 4.20. The molecule has 7 heteroatoms. The number of thioether (sulfide) groups is 1. The van der Waals surface area contributed by atoms with Crippen molar-refractivity contribution in [3.05, 3.63) is 42.5 Å². The summed E-state index contributed by atoms with van der Waals surface area (Å²) >= 11 is 1.35. The highest BCUT2D eigenvalue weighted by Gasteiger charge is 2.16. The van der Waals surface area contributed by atoms with Crippen LogP contribution in [0, 0.1) is 5.82 Å². The number of rotatable bonds is 6. The van der Waals surface area contributed by atoms with Crippen molar-refractivity contribution in [3.63, 3.8) is 0 Å². The molecule has 21 heavy (non-hydrogen) atoms. The minimum Gasteiger partial charge on any atom is -0.295 e. The quantitative estimate of drug-likeness (QED) is 0.765. The van der Waals surface area contributed by atoms with Gasteiger partial charge in [-0.15, -0.1) is 0 Å². The molecule has 0 saturated carbocycles. The molecule has 0 radical (unpaired) electrons. The molecular formula is C14H17FN2O2S2. The first-order chi connectivity index (χ1) is 9.90. The summed E-state index contributed by atoms with van der Waals surface area (Å²) in [6.07, 6.45) is 3.35. The second-order valence-corrected chi connectivity index (χ2v) is 8.56. The molecule has 0 N–H and O–H groups in total. The van der Waals surface area contributed by atoms with Gasteiger partial charge in [0.1, 0.15) is 5.82 Å². The summed E-state index contributed by atoms with van der Waals surface area (Å²) in [6.45, 7) is 3.35. The van der Waals surface area contributed by atoms with Gasteiger partial charge in [0.05, 0.1) is 16.7 Å². The van der Waals surface area contributed by atoms with Crippen molar-refractivity contribution >= 4 is 21.6 Å². The summed E-state index contributed by atoms with van der Waals surface area (Å²) in [6, 6.07) is 6.20. The second-order valence-electron chi connectivity index (χ2n) is 4.82. The van der Waals surface area contributed by atoms with Gasteiger partial charge in [-0.05, 0) is 32.0 Å². The van der Waals surface area contributed by atoms with Gasteiger partial charge in [-0.2, -0.15) is 0 Å². The van der Waals surface area contributed by atoms with Crippen LogP contribution in [0.25, 0.3) is 5.69 Å². The van der Waals surface area contributed by atoms with E-state index in [1.54, 1.807) is 42.9 Å². The SMILES string of the molecule is CC(C)S(=O)(=O)CCSc1nccn1-c1cccc(F)c1. The Kier molecular flexibility index (Phi) is 5.05. The van der Waals surface area contributed by atoms with Crippen LogP contribution in [0.2, 0.25) is 0 Å². The van der Waals surface area contributed by atoms with Gasteiger partial charge in [0.2, 0.25) is 0 Å². The van der Waals surface area contributed by atoms with Crippen LogP contribution in [0.15, 0.2) is 41.8 Å². The predicted molar refractivity (Wildman–Crippen MR) is 83.2 cm³/mol. The fourth-order valence-electron chi connectivity index (χ4n) is 1.70. The standard InChI is InChI=1S/C14H17FN2O2S2/c1-11(2)21(18,19)9-8-20-14-16-6-7-17(14)13-5-3-4-12(15)10-13/h3-7,10-11H,8-9H2,1-2H3. The smallest absolute Gasteiger partial charge is 0.172 e. The Hall–Kier alpha value is -1.34. The van der Waals surface area contributed by atoms with Crippen molar-refractivity contribution in [2.75, 3.05) is 11.5 Å². The van der Waals surface area contributed by atoms with E-state index in [1.807, 2.05) is 0 Å². The molecule has 0 atom stereocenters. The largest absolute Gasteiger partial charge is 0.295 e. The van der Waals surface area contributed by atoms with Gasteiger partial charge in [-0.25, -0.2) is 17.8 Å². The molecule has 114 valence electrons. The van der Waals surface area contributed by atoms with Crippen LogP contribution in [-0.4, -0.2) is 34.7 Å². The lowest BCUT2D eigenvalue weighted by Gasteiger charge is -2.09. The Balaban J connectivity index is 2.08. The zero-order valence-electron chi connectivity index (χ0n) is 11.9. The minimum absolute atomic E-state index is 0.103. The first-order valence-electron chi connectivity index (χ1n) is 6.54. The van der Waals surface area contributed by atoms with Gasteiger partial charge in [-0.1, -0.05) is 17.8 Å². The van der Waals surface area contributed by atoms with Gasteiger partial charge >= 0.3 is 0 Å². The predicted octanol–water partition coefficient (Wildman–Crippen LogP) is 2.93. The number of nitrogens with zero attached hydrogens (tertiary/aromatic N) is 2. The van der Waals surface area contributed by atoms with Gasteiger partial charge in [0, 0.05) is 18.1 Å². The molecule has 0 aliphatic heterocycles. The average molecular weight is 328 g/mol. The molecule has 0 fully saturated rings. The maximum atomic E-state index is 13.3. The molecule has 0 aliphatic rings. The molecule has 2 aromatic rings. The Labute approximate surface area is 128 Å². The molecule has 0 spiro atoms. The van der Waals surface area contributed by atoms with E-state index in [0.29, 0.717) is 16.6 Å². The molecule has 0 aliphatic carbocycles. The van der Waals surface area contributed by atoms with E-state index in [4.69, 9.17) is 0 Å². The highest BCUT2D eigenvalue weighted by Crippen LogP contribution is 2.21. The molecule has 1 aromatic heterocycles. The van der Waals surface area contributed by atoms with Crippen LogP contribution in [0.5, 0.6) is 0 Å². The summed E-state index contributed by atoms with van der Waals surface area (Å²) in [7, 11) is -3.05. The van der Waals surface area contributed by atoms with E-state index < -0.39 is 9.84 Å². The maximum absolute atomic E-state index is 13.3. The zero-order valence-corrected chi connectivity index (χ0v) is 13.5. The van der Waals surface area contributed by atoms with Crippen molar-refractivity contribution in [3.8, 4) is 5.69 Å². The lowest BCUT2D eigenvalue weighted by molar-refractivity contribution is 0.589. The second kappa shape index (κ2) is 6.62. The Morgan fingerprint density at radius 1 is 1.38 bits per heavy atom. The summed E-state index contributed by atoms with van der Waals surface area (Å²) in [5.74, 6) is 0.206. The van der Waals surface area contributed by atoms with Crippen LogP contribution in [0.3, 0.4) is 0 Å². The average Bonchev–Trinajstić information content (AvgIpc) is 2.86. The maximum Gasteiger partial charge on any atom is 0.172 e. The number of aromatic nitrogens is 2. The summed E-state index contributed by atoms with van der Waals surface area (Å²) in [5, 5.41) is 0.278. The van der Waals surface area contributed by atoms with Crippen LogP contribution >= 0.6 is 11.8 Å². The minimum atomic E-state index is -3.05. The molecule has 1 aromatic carbocycles. The summed E-state index contributed by atoms with van der Waals surface area (Å²) in [5.41, 5.74) is 0.668. The summed E-state index contributed by atoms with van der Waals surface area (Å²) < 4.78 is 38.6. The molecule has 2 rings (SSSR count). The van der Waals surface area contributed by atoms with Gasteiger partial charge in [-0.3, -0.25) is 4.57 Å². The first-order valence-corrected chi connectivity index (χ1v) is 9.24. The number of hydrogen-bond acceptors (Lipinski definition) is 4. The van der Waals surface area contributed by atoms with Crippen molar-refractivity contribution in [1.29, 1.82) is 0 Å². The molecular weight excluding hydrogens is 311 g/mol. The fraction of sp³-hybridized carbons (Fsp3) is 0.357. The van der Waals surface area contributed by atoms with Crippen LogP contribution < -0.4 is 0 Å².